The first-order valence-corrected chi connectivity index (χ1v) is 11.6. The van der Waals surface area contributed by atoms with Gasteiger partial charge in [0.2, 0.25) is 0 Å². The third-order valence-electron chi connectivity index (χ3n) is 5.97. The topological polar surface area (TPSA) is 69.3 Å². The number of furan rings is 1. The maximum atomic E-state index is 12.1. The van der Waals surface area contributed by atoms with Crippen LogP contribution in [0.25, 0.3) is 11.0 Å². The zero-order valence-electron chi connectivity index (χ0n) is 19.3. The Morgan fingerprint density at radius 3 is 2.70 bits per heavy atom. The maximum Gasteiger partial charge on any atom is 0.286 e. The number of benzene rings is 2. The van der Waals surface area contributed by atoms with Gasteiger partial charge in [-0.3, -0.25) is 4.79 Å². The molecule has 6 heteroatoms. The SMILES string of the molecule is CCC(C)c1ccc(OCCCn2c(CCNC(=O)c3ccco3)nc3ccccc32)cc1. The minimum absolute atomic E-state index is 0.213. The van der Waals surface area contributed by atoms with Crippen molar-refractivity contribution in [2.45, 2.75) is 45.6 Å². The van der Waals surface area contributed by atoms with E-state index in [0.29, 0.717) is 31.3 Å². The molecule has 1 unspecified atom stereocenters. The molecule has 6 nitrogen and oxygen atoms in total. The predicted molar refractivity (Wildman–Crippen MR) is 130 cm³/mol. The summed E-state index contributed by atoms with van der Waals surface area (Å²) < 4.78 is 13.4. The highest BCUT2D eigenvalue weighted by Crippen LogP contribution is 2.22. The molecule has 2 aromatic heterocycles. The molecular formula is C27H31N3O3. The first-order valence-electron chi connectivity index (χ1n) is 11.6. The standard InChI is InChI=1S/C27H31N3O3/c1-3-20(2)21-11-13-22(14-12-21)32-19-7-17-30-24-9-5-4-8-23(24)29-26(30)15-16-28-27(31)25-10-6-18-33-25/h4-6,8-14,18,20H,3,7,15-17,19H2,1-2H3,(H,28,31). The first kappa shape index (κ1) is 22.6. The molecule has 0 aliphatic heterocycles. The summed E-state index contributed by atoms with van der Waals surface area (Å²) in [5, 5.41) is 2.90. The second-order valence-corrected chi connectivity index (χ2v) is 8.23. The Kier molecular flexibility index (Phi) is 7.45. The van der Waals surface area contributed by atoms with Gasteiger partial charge in [-0.2, -0.15) is 0 Å². The van der Waals surface area contributed by atoms with Gasteiger partial charge in [0.05, 0.1) is 23.9 Å². The number of ether oxygens (including phenoxy) is 1. The smallest absolute Gasteiger partial charge is 0.286 e. The van der Waals surface area contributed by atoms with E-state index in [4.69, 9.17) is 14.1 Å². The number of fused-ring (bicyclic) bond motifs is 1. The van der Waals surface area contributed by atoms with E-state index in [1.807, 2.05) is 18.2 Å². The van der Waals surface area contributed by atoms with Crippen molar-refractivity contribution in [1.29, 1.82) is 0 Å². The molecule has 0 aliphatic carbocycles. The number of hydrogen-bond acceptors (Lipinski definition) is 4. The summed E-state index contributed by atoms with van der Waals surface area (Å²) in [6, 6.07) is 19.9. The fourth-order valence-electron chi connectivity index (χ4n) is 3.89. The number of aromatic nitrogens is 2. The van der Waals surface area contributed by atoms with Gasteiger partial charge in [-0.1, -0.05) is 38.1 Å². The van der Waals surface area contributed by atoms with E-state index in [-0.39, 0.29) is 5.91 Å². The summed E-state index contributed by atoms with van der Waals surface area (Å²) in [4.78, 5) is 16.9. The molecule has 1 amide bonds. The van der Waals surface area contributed by atoms with Gasteiger partial charge in [0.15, 0.2) is 5.76 Å². The fourth-order valence-corrected chi connectivity index (χ4v) is 3.89. The Hall–Kier alpha value is -3.54. The average molecular weight is 446 g/mol. The maximum absolute atomic E-state index is 12.1. The molecule has 2 heterocycles. The molecule has 33 heavy (non-hydrogen) atoms. The van der Waals surface area contributed by atoms with Gasteiger partial charge in [0.25, 0.3) is 5.91 Å². The van der Waals surface area contributed by atoms with Crippen molar-refractivity contribution < 1.29 is 13.9 Å². The number of aryl methyl sites for hydroxylation is 1. The van der Waals surface area contributed by atoms with E-state index >= 15 is 0 Å². The summed E-state index contributed by atoms with van der Waals surface area (Å²) >= 11 is 0. The summed E-state index contributed by atoms with van der Waals surface area (Å²) in [5.41, 5.74) is 3.41. The van der Waals surface area contributed by atoms with Gasteiger partial charge in [-0.15, -0.1) is 0 Å². The van der Waals surface area contributed by atoms with Gasteiger partial charge < -0.3 is 19.0 Å². The van der Waals surface area contributed by atoms with Gasteiger partial charge >= 0.3 is 0 Å². The molecule has 1 N–H and O–H groups in total. The summed E-state index contributed by atoms with van der Waals surface area (Å²) in [6.45, 7) is 6.36. The highest BCUT2D eigenvalue weighted by molar-refractivity contribution is 5.91. The Balaban J connectivity index is 1.34. The van der Waals surface area contributed by atoms with Crippen molar-refractivity contribution in [3.05, 3.63) is 84.1 Å². The second-order valence-electron chi connectivity index (χ2n) is 8.23. The number of nitrogens with zero attached hydrogens (tertiary/aromatic N) is 2. The molecule has 4 rings (SSSR count). The molecule has 172 valence electrons. The largest absolute Gasteiger partial charge is 0.494 e. The molecule has 0 saturated heterocycles. The highest BCUT2D eigenvalue weighted by Gasteiger charge is 2.12. The van der Waals surface area contributed by atoms with E-state index in [2.05, 4.69) is 54.1 Å². The Morgan fingerprint density at radius 1 is 1.12 bits per heavy atom. The molecule has 0 radical (unpaired) electrons. The number of amides is 1. The fraction of sp³-hybridized carbons (Fsp3) is 0.333. The van der Waals surface area contributed by atoms with Crippen molar-refractivity contribution in [1.82, 2.24) is 14.9 Å². The van der Waals surface area contributed by atoms with Gasteiger partial charge in [0, 0.05) is 19.5 Å². The third kappa shape index (κ3) is 5.64. The lowest BCUT2D eigenvalue weighted by Gasteiger charge is -2.12. The number of hydrogen-bond donors (Lipinski definition) is 1. The minimum atomic E-state index is -0.213. The molecule has 0 saturated carbocycles. The summed E-state index contributed by atoms with van der Waals surface area (Å²) in [7, 11) is 0. The van der Waals surface area contributed by atoms with E-state index < -0.39 is 0 Å². The van der Waals surface area contributed by atoms with Crippen molar-refractivity contribution in [2.75, 3.05) is 13.2 Å². The normalized spacial score (nSPS) is 12.1. The quantitative estimate of drug-likeness (QED) is 0.306. The molecule has 0 aliphatic rings. The van der Waals surface area contributed by atoms with Crippen LogP contribution in [0.1, 0.15) is 54.5 Å². The minimum Gasteiger partial charge on any atom is -0.494 e. The number of rotatable bonds is 11. The first-order chi connectivity index (χ1) is 16.2. The van der Waals surface area contributed by atoms with Crippen LogP contribution in [0.2, 0.25) is 0 Å². The van der Waals surface area contributed by atoms with Crippen LogP contribution in [-0.2, 0) is 13.0 Å². The van der Waals surface area contributed by atoms with E-state index in [1.165, 1.54) is 11.8 Å². The molecule has 0 bridgehead atoms. The lowest BCUT2D eigenvalue weighted by molar-refractivity contribution is 0.0926. The van der Waals surface area contributed by atoms with Crippen LogP contribution < -0.4 is 10.1 Å². The Morgan fingerprint density at radius 2 is 1.94 bits per heavy atom. The van der Waals surface area contributed by atoms with Gasteiger partial charge in [0.1, 0.15) is 11.6 Å². The molecule has 0 fully saturated rings. The van der Waals surface area contributed by atoms with Crippen molar-refractivity contribution in [3.63, 3.8) is 0 Å². The van der Waals surface area contributed by atoms with Crippen LogP contribution >= 0.6 is 0 Å². The van der Waals surface area contributed by atoms with Crippen molar-refractivity contribution in [2.24, 2.45) is 0 Å². The van der Waals surface area contributed by atoms with Gasteiger partial charge in [-0.25, -0.2) is 4.98 Å². The molecular weight excluding hydrogens is 414 g/mol. The van der Waals surface area contributed by atoms with E-state index in [0.717, 1.165) is 42.0 Å². The van der Waals surface area contributed by atoms with Crippen LogP contribution in [0, 0.1) is 0 Å². The Bertz CT molecular complexity index is 1160. The van der Waals surface area contributed by atoms with Gasteiger partial charge in [-0.05, 0) is 60.7 Å². The number of nitrogens with one attached hydrogen (secondary N) is 1. The lowest BCUT2D eigenvalue weighted by Crippen LogP contribution is -2.26. The number of carbonyl (C=O) groups is 1. The summed E-state index contributed by atoms with van der Waals surface area (Å²) in [6.07, 6.45) is 4.13. The van der Waals surface area contributed by atoms with Crippen LogP contribution in [0.3, 0.4) is 0 Å². The second kappa shape index (κ2) is 10.9. The predicted octanol–water partition coefficient (Wildman–Crippen LogP) is 5.58. The molecule has 4 aromatic rings. The lowest BCUT2D eigenvalue weighted by atomic mass is 9.99. The third-order valence-corrected chi connectivity index (χ3v) is 5.97. The number of para-hydroxylation sites is 2. The summed E-state index contributed by atoms with van der Waals surface area (Å²) in [5.74, 6) is 2.52. The van der Waals surface area contributed by atoms with Crippen molar-refractivity contribution >= 4 is 16.9 Å². The molecule has 0 spiro atoms. The zero-order valence-corrected chi connectivity index (χ0v) is 19.3. The van der Waals surface area contributed by atoms with E-state index in [1.54, 1.807) is 12.1 Å². The zero-order chi connectivity index (χ0) is 23.0. The molecule has 2 aromatic carbocycles. The highest BCUT2D eigenvalue weighted by atomic mass is 16.5. The Labute approximate surface area is 194 Å². The average Bonchev–Trinajstić information content (AvgIpc) is 3.50. The van der Waals surface area contributed by atoms with Crippen LogP contribution in [0.5, 0.6) is 5.75 Å². The van der Waals surface area contributed by atoms with Crippen molar-refractivity contribution in [3.8, 4) is 5.75 Å². The number of carbonyl (C=O) groups excluding carboxylic acids is 1. The van der Waals surface area contributed by atoms with Crippen LogP contribution in [0.4, 0.5) is 0 Å². The van der Waals surface area contributed by atoms with E-state index in [9.17, 15) is 4.79 Å². The number of imidazole rings is 1. The molecule has 1 atom stereocenters. The van der Waals surface area contributed by atoms with Crippen LogP contribution in [-0.4, -0.2) is 28.6 Å². The monoisotopic (exact) mass is 445 g/mol. The van der Waals surface area contributed by atoms with Crippen LogP contribution in [0.15, 0.2) is 71.3 Å².